The van der Waals surface area contributed by atoms with Crippen molar-refractivity contribution >= 4 is 15.4 Å². The molecule has 0 aliphatic heterocycles. The van der Waals surface area contributed by atoms with Gasteiger partial charge in [0.25, 0.3) is 0 Å². The van der Waals surface area contributed by atoms with E-state index in [0.29, 0.717) is 18.9 Å². The molecule has 1 rings (SSSR count). The fourth-order valence-electron chi connectivity index (χ4n) is 2.58. The van der Waals surface area contributed by atoms with Crippen LogP contribution in [0.4, 0.5) is 0 Å². The maximum absolute atomic E-state index is 11.3. The van der Waals surface area contributed by atoms with Gasteiger partial charge in [-0.2, -0.15) is 4.83 Å². The molecule has 3 atom stereocenters. The molecule has 1 N–H and O–H groups in total. The van der Waals surface area contributed by atoms with Crippen LogP contribution in [-0.2, 0) is 9.53 Å². The zero-order valence-electron chi connectivity index (χ0n) is 9.40. The average molecular weight is 233 g/mol. The minimum atomic E-state index is -0.184. The van der Waals surface area contributed by atoms with Gasteiger partial charge in [-0.05, 0) is 33.6 Å². The van der Waals surface area contributed by atoms with Gasteiger partial charge in [-0.15, -0.1) is 0 Å². The minimum Gasteiger partial charge on any atom is -0.469 e. The number of rotatable bonds is 4. The van der Waals surface area contributed by atoms with Gasteiger partial charge in [0.15, 0.2) is 0 Å². The number of hydroxylamine groups is 1. The van der Waals surface area contributed by atoms with E-state index in [1.54, 1.807) is 0 Å². The van der Waals surface area contributed by atoms with Gasteiger partial charge in [0, 0.05) is 6.54 Å². The van der Waals surface area contributed by atoms with Crippen LogP contribution in [0.3, 0.4) is 0 Å². The molecule has 1 fully saturated rings. The molecule has 0 heterocycles. The van der Waals surface area contributed by atoms with Crippen molar-refractivity contribution in [2.45, 2.75) is 32.6 Å². The Morgan fingerprint density at radius 3 is 2.80 bits per heavy atom. The lowest BCUT2D eigenvalue weighted by molar-refractivity contribution is -0.144. The second-order valence-electron chi connectivity index (χ2n) is 4.70. The Bertz CT molecular complexity index is 235. The monoisotopic (exact) mass is 233 g/mol. The Morgan fingerprint density at radius 2 is 2.40 bits per heavy atom. The lowest BCUT2D eigenvalue weighted by atomic mass is 9.82. The Kier molecular flexibility index (Phi) is 4.50. The van der Waals surface area contributed by atoms with E-state index in [1.165, 1.54) is 7.11 Å². The fourth-order valence-corrected chi connectivity index (χ4v) is 2.97. The topological polar surface area (TPSA) is 49.8 Å². The van der Waals surface area contributed by atoms with Crippen molar-refractivity contribution in [2.24, 2.45) is 11.3 Å². The van der Waals surface area contributed by atoms with E-state index >= 15 is 0 Å². The average Bonchev–Trinajstić information content (AvgIpc) is 2.46. The third kappa shape index (κ3) is 3.71. The van der Waals surface area contributed by atoms with Crippen LogP contribution in [0.15, 0.2) is 0 Å². The van der Waals surface area contributed by atoms with Crippen LogP contribution in [0.25, 0.3) is 0 Å². The SMILES string of the molecule is COC(=O)C[C@@]1(CN(O)P)CC[C@@H](C)C1. The smallest absolute Gasteiger partial charge is 0.306 e. The molecule has 88 valence electrons. The third-order valence-electron chi connectivity index (χ3n) is 3.19. The molecule has 0 bridgehead atoms. The first-order chi connectivity index (χ1) is 6.97. The van der Waals surface area contributed by atoms with Crippen LogP contribution in [0.5, 0.6) is 0 Å². The van der Waals surface area contributed by atoms with Gasteiger partial charge in [0.2, 0.25) is 0 Å². The maximum Gasteiger partial charge on any atom is 0.306 e. The van der Waals surface area contributed by atoms with Crippen LogP contribution >= 0.6 is 9.39 Å². The first kappa shape index (κ1) is 12.9. The molecule has 0 amide bonds. The molecule has 0 aromatic heterocycles. The summed E-state index contributed by atoms with van der Waals surface area (Å²) in [5.41, 5.74) is -0.108. The highest BCUT2D eigenvalue weighted by atomic mass is 31.0. The van der Waals surface area contributed by atoms with Crippen molar-refractivity contribution < 1.29 is 14.7 Å². The molecule has 0 spiro atoms. The summed E-state index contributed by atoms with van der Waals surface area (Å²) in [5.74, 6) is 0.440. The number of methoxy groups -OCH3 is 1. The number of esters is 1. The standard InChI is InChI=1S/C10H20NO3P/c1-8-3-4-10(5-8,7-11(13)15)6-9(12)14-2/h8,13H,3-7,15H2,1-2H3/t8-,10-/m1/s1. The molecule has 1 aliphatic rings. The second kappa shape index (κ2) is 5.24. The van der Waals surface area contributed by atoms with Crippen molar-refractivity contribution in [1.29, 1.82) is 0 Å². The van der Waals surface area contributed by atoms with E-state index in [9.17, 15) is 10.0 Å². The molecule has 0 radical (unpaired) electrons. The van der Waals surface area contributed by atoms with Crippen LogP contribution in [0.2, 0.25) is 0 Å². The van der Waals surface area contributed by atoms with Gasteiger partial charge >= 0.3 is 5.97 Å². The van der Waals surface area contributed by atoms with Crippen molar-refractivity contribution in [1.82, 2.24) is 4.83 Å². The highest BCUT2D eigenvalue weighted by Crippen LogP contribution is 2.45. The lowest BCUT2D eigenvalue weighted by Crippen LogP contribution is -2.32. The van der Waals surface area contributed by atoms with E-state index in [-0.39, 0.29) is 11.4 Å². The van der Waals surface area contributed by atoms with E-state index in [4.69, 9.17) is 4.74 Å². The van der Waals surface area contributed by atoms with Crippen LogP contribution < -0.4 is 0 Å². The number of hydrogen-bond donors (Lipinski definition) is 1. The number of nitrogens with zero attached hydrogens (tertiary/aromatic N) is 1. The maximum atomic E-state index is 11.3. The molecule has 1 aliphatic carbocycles. The lowest BCUT2D eigenvalue weighted by Gasteiger charge is -2.30. The molecule has 0 aromatic carbocycles. The molecule has 0 aromatic rings. The van der Waals surface area contributed by atoms with Crippen molar-refractivity contribution in [2.75, 3.05) is 13.7 Å². The highest BCUT2D eigenvalue weighted by molar-refractivity contribution is 7.12. The summed E-state index contributed by atoms with van der Waals surface area (Å²) in [4.78, 5) is 12.4. The predicted octanol–water partition coefficient (Wildman–Crippen LogP) is 1.84. The van der Waals surface area contributed by atoms with E-state index in [0.717, 1.165) is 24.1 Å². The zero-order valence-corrected chi connectivity index (χ0v) is 10.6. The van der Waals surface area contributed by atoms with E-state index in [2.05, 4.69) is 16.3 Å². The van der Waals surface area contributed by atoms with Gasteiger partial charge in [-0.25, -0.2) is 0 Å². The number of carbonyl (C=O) groups excluding carboxylic acids is 1. The summed E-state index contributed by atoms with van der Waals surface area (Å²) in [6.07, 6.45) is 3.48. The molecule has 0 saturated heterocycles. The fraction of sp³-hybridized carbons (Fsp3) is 0.900. The normalized spacial score (nSPS) is 30.9. The number of hydrogen-bond acceptors (Lipinski definition) is 4. The molecule has 1 unspecified atom stereocenters. The Labute approximate surface area is 93.2 Å². The molecule has 5 heteroatoms. The molecular formula is C10H20NO3P. The number of ether oxygens (including phenoxy) is 1. The Morgan fingerprint density at radius 1 is 1.73 bits per heavy atom. The highest BCUT2D eigenvalue weighted by Gasteiger charge is 2.40. The number of carbonyl (C=O) groups is 1. The van der Waals surface area contributed by atoms with Crippen LogP contribution in [0.1, 0.15) is 32.6 Å². The van der Waals surface area contributed by atoms with Crippen LogP contribution in [0, 0.1) is 11.3 Å². The summed E-state index contributed by atoms with van der Waals surface area (Å²) in [5, 5.41) is 9.29. The molecule has 1 saturated carbocycles. The first-order valence-electron chi connectivity index (χ1n) is 5.25. The van der Waals surface area contributed by atoms with Crippen molar-refractivity contribution in [3.05, 3.63) is 0 Å². The molecular weight excluding hydrogens is 213 g/mol. The quantitative estimate of drug-likeness (QED) is 0.457. The van der Waals surface area contributed by atoms with Crippen molar-refractivity contribution in [3.63, 3.8) is 0 Å². The first-order valence-corrected chi connectivity index (χ1v) is 5.77. The minimum absolute atomic E-state index is 0.108. The van der Waals surface area contributed by atoms with Gasteiger partial charge < -0.3 is 9.94 Å². The Hall–Kier alpha value is -0.180. The van der Waals surface area contributed by atoms with Crippen LogP contribution in [-0.4, -0.2) is 29.7 Å². The zero-order chi connectivity index (χ0) is 11.5. The molecule has 4 nitrogen and oxygen atoms in total. The summed E-state index contributed by atoms with van der Waals surface area (Å²) >= 11 is 0. The predicted molar refractivity (Wildman–Crippen MR) is 60.3 cm³/mol. The second-order valence-corrected chi connectivity index (χ2v) is 5.29. The summed E-state index contributed by atoms with van der Waals surface area (Å²) < 4.78 is 4.71. The van der Waals surface area contributed by atoms with Crippen molar-refractivity contribution in [3.8, 4) is 0 Å². The summed E-state index contributed by atoms with van der Waals surface area (Å²) in [6.45, 7) is 2.70. The van der Waals surface area contributed by atoms with E-state index < -0.39 is 0 Å². The van der Waals surface area contributed by atoms with Gasteiger partial charge in [-0.1, -0.05) is 13.3 Å². The van der Waals surface area contributed by atoms with Gasteiger partial charge in [0.05, 0.1) is 13.5 Å². The van der Waals surface area contributed by atoms with Gasteiger partial charge in [-0.3, -0.25) is 4.79 Å². The van der Waals surface area contributed by atoms with Gasteiger partial charge in [0.1, 0.15) is 0 Å². The van der Waals surface area contributed by atoms with E-state index in [1.807, 2.05) is 0 Å². The summed E-state index contributed by atoms with van der Waals surface area (Å²) in [6, 6.07) is 0. The largest absolute Gasteiger partial charge is 0.469 e. The summed E-state index contributed by atoms with van der Waals surface area (Å²) in [7, 11) is 3.64. The molecule has 15 heavy (non-hydrogen) atoms. The Balaban J connectivity index is 2.64. The third-order valence-corrected chi connectivity index (χ3v) is 3.38.